The number of carbonyl (C=O) groups is 2. The van der Waals surface area contributed by atoms with Crippen molar-refractivity contribution in [1.29, 1.82) is 0 Å². The zero-order valence-electron chi connectivity index (χ0n) is 17.5. The molecule has 2 aromatic heterocycles. The first-order chi connectivity index (χ1) is 16.5. The van der Waals surface area contributed by atoms with E-state index in [4.69, 9.17) is 5.11 Å². The number of nitrogens with one attached hydrogen (secondary N) is 3. The van der Waals surface area contributed by atoms with Gasteiger partial charge in [0.05, 0.1) is 22.3 Å². The maximum atomic E-state index is 13.8. The van der Waals surface area contributed by atoms with Gasteiger partial charge in [0.25, 0.3) is 5.56 Å². The summed E-state index contributed by atoms with van der Waals surface area (Å²) in [7, 11) is 0. The van der Waals surface area contributed by atoms with E-state index in [1.807, 2.05) is 0 Å². The maximum Gasteiger partial charge on any atom is 0.418 e. The lowest BCUT2D eigenvalue weighted by molar-refractivity contribution is -0.137. The Morgan fingerprint density at radius 1 is 1.14 bits per heavy atom. The average molecular weight is 550 g/mol. The van der Waals surface area contributed by atoms with Crippen molar-refractivity contribution in [3.05, 3.63) is 86.5 Å². The number of amides is 2. The lowest BCUT2D eigenvalue weighted by Gasteiger charge is -2.15. The molecule has 0 aliphatic rings. The van der Waals surface area contributed by atoms with Crippen LogP contribution in [0.25, 0.3) is 16.7 Å². The number of halogens is 4. The molecule has 0 aliphatic carbocycles. The van der Waals surface area contributed by atoms with Crippen molar-refractivity contribution in [3.8, 4) is 5.69 Å². The molecule has 0 saturated carbocycles. The second-order valence-corrected chi connectivity index (χ2v) is 8.26. The van der Waals surface area contributed by atoms with E-state index in [2.05, 4.69) is 36.5 Å². The molecule has 4 N–H and O–H groups in total. The minimum absolute atomic E-state index is 0.0268. The molecule has 13 heteroatoms. The van der Waals surface area contributed by atoms with Gasteiger partial charge < -0.3 is 25.3 Å². The van der Waals surface area contributed by atoms with Crippen LogP contribution in [0.5, 0.6) is 0 Å². The summed E-state index contributed by atoms with van der Waals surface area (Å²) in [4.78, 5) is 41.0. The first kappa shape index (κ1) is 24.0. The van der Waals surface area contributed by atoms with Crippen molar-refractivity contribution in [2.75, 3.05) is 5.32 Å². The van der Waals surface area contributed by atoms with Crippen molar-refractivity contribution in [2.45, 2.75) is 12.7 Å². The zero-order chi connectivity index (χ0) is 25.3. The number of hydrogen-bond acceptors (Lipinski definition) is 4. The number of hydrogen-bond donors (Lipinski definition) is 4. The van der Waals surface area contributed by atoms with E-state index in [0.29, 0.717) is 17.3 Å². The molecule has 0 saturated heterocycles. The first-order valence-electron chi connectivity index (χ1n) is 9.87. The van der Waals surface area contributed by atoms with Crippen LogP contribution < -0.4 is 16.2 Å². The van der Waals surface area contributed by atoms with Gasteiger partial charge in [-0.1, -0.05) is 15.9 Å². The molecule has 2 amide bonds. The SMILES string of the molecule is O=C(NCc1ccn(-c2cc3nc(C(=O)O)c(=O)[nH]c3cc2C(F)(F)F)c1)Nc1ccc(Br)cc1. The Morgan fingerprint density at radius 2 is 1.86 bits per heavy atom. The molecule has 35 heavy (non-hydrogen) atoms. The summed E-state index contributed by atoms with van der Waals surface area (Å²) in [6.45, 7) is 0.0268. The number of carboxylic acids is 1. The van der Waals surface area contributed by atoms with Gasteiger partial charge in [-0.2, -0.15) is 13.2 Å². The van der Waals surface area contributed by atoms with E-state index >= 15 is 0 Å². The van der Waals surface area contributed by atoms with Gasteiger partial charge in [0.1, 0.15) is 0 Å². The van der Waals surface area contributed by atoms with Crippen molar-refractivity contribution in [1.82, 2.24) is 19.9 Å². The molecule has 0 fully saturated rings. The summed E-state index contributed by atoms with van der Waals surface area (Å²) in [5.41, 5.74) is -2.66. The number of aromatic carboxylic acids is 1. The second-order valence-electron chi connectivity index (χ2n) is 7.35. The number of H-pyrrole nitrogens is 1. The molecule has 0 bridgehead atoms. The standard InChI is InChI=1S/C22H15BrF3N5O4/c23-12-1-3-13(4-2-12)28-21(35)27-9-11-5-6-31(10-11)17-8-16-15(7-14(17)22(24,25)26)30-19(32)18(29-16)20(33)34/h1-8,10H,9H2,(H,30,32)(H,33,34)(H2,27,28,35). The molecular weight excluding hydrogens is 535 g/mol. The average Bonchev–Trinajstić information content (AvgIpc) is 3.26. The number of anilines is 1. The third-order valence-electron chi connectivity index (χ3n) is 4.90. The molecular formula is C22H15BrF3N5O4. The quantitative estimate of drug-likeness (QED) is 0.291. The predicted octanol–water partition coefficient (Wildman–Crippen LogP) is 4.52. The van der Waals surface area contributed by atoms with E-state index in [9.17, 15) is 27.6 Å². The van der Waals surface area contributed by atoms with Crippen LogP contribution in [-0.4, -0.2) is 31.6 Å². The van der Waals surface area contributed by atoms with Crippen LogP contribution in [-0.2, 0) is 12.7 Å². The normalized spacial score (nSPS) is 11.4. The summed E-state index contributed by atoms with van der Waals surface area (Å²) in [6.07, 6.45) is -2.02. The highest BCUT2D eigenvalue weighted by Gasteiger charge is 2.35. The third-order valence-corrected chi connectivity index (χ3v) is 5.43. The van der Waals surface area contributed by atoms with Crippen LogP contribution in [0.2, 0.25) is 0 Å². The molecule has 4 aromatic rings. The predicted molar refractivity (Wildman–Crippen MR) is 124 cm³/mol. The summed E-state index contributed by atoms with van der Waals surface area (Å²) in [5.74, 6) is -1.61. The molecule has 0 aliphatic heterocycles. The van der Waals surface area contributed by atoms with E-state index in [-0.39, 0.29) is 23.3 Å². The van der Waals surface area contributed by atoms with Crippen LogP contribution in [0, 0.1) is 0 Å². The highest BCUT2D eigenvalue weighted by atomic mass is 79.9. The molecule has 0 spiro atoms. The zero-order valence-corrected chi connectivity index (χ0v) is 19.1. The highest BCUT2D eigenvalue weighted by Crippen LogP contribution is 2.36. The van der Waals surface area contributed by atoms with E-state index in [1.165, 1.54) is 23.0 Å². The summed E-state index contributed by atoms with van der Waals surface area (Å²) < 4.78 is 43.3. The van der Waals surface area contributed by atoms with Gasteiger partial charge in [-0.05, 0) is 48.0 Å². The van der Waals surface area contributed by atoms with Gasteiger partial charge >= 0.3 is 18.2 Å². The third kappa shape index (κ3) is 5.35. The number of aromatic nitrogens is 3. The molecule has 0 unspecified atom stereocenters. The molecule has 9 nitrogen and oxygen atoms in total. The smallest absolute Gasteiger partial charge is 0.418 e. The van der Waals surface area contributed by atoms with Crippen molar-refractivity contribution < 1.29 is 27.9 Å². The molecule has 2 heterocycles. The van der Waals surface area contributed by atoms with Crippen LogP contribution in [0.3, 0.4) is 0 Å². The maximum absolute atomic E-state index is 13.8. The van der Waals surface area contributed by atoms with Crippen LogP contribution >= 0.6 is 15.9 Å². The van der Waals surface area contributed by atoms with Gasteiger partial charge in [0, 0.05) is 29.1 Å². The van der Waals surface area contributed by atoms with Gasteiger partial charge in [-0.15, -0.1) is 0 Å². The largest absolute Gasteiger partial charge is 0.476 e. The number of carboxylic acid groups (broad SMARTS) is 1. The number of alkyl halides is 3. The number of benzene rings is 2. The number of urea groups is 1. The van der Waals surface area contributed by atoms with Gasteiger partial charge in [-0.3, -0.25) is 4.79 Å². The Labute approximate surface area is 202 Å². The fraction of sp³-hybridized carbons (Fsp3) is 0.0909. The number of fused-ring (bicyclic) bond motifs is 1. The number of rotatable bonds is 5. The van der Waals surface area contributed by atoms with Crippen LogP contribution in [0.1, 0.15) is 21.6 Å². The highest BCUT2D eigenvalue weighted by molar-refractivity contribution is 9.10. The second kappa shape index (κ2) is 9.25. The number of aromatic amines is 1. The lowest BCUT2D eigenvalue weighted by atomic mass is 10.1. The Morgan fingerprint density at radius 3 is 2.51 bits per heavy atom. The summed E-state index contributed by atoms with van der Waals surface area (Å²) >= 11 is 3.29. The van der Waals surface area contributed by atoms with Gasteiger partial charge in [0.15, 0.2) is 0 Å². The van der Waals surface area contributed by atoms with E-state index in [0.717, 1.165) is 10.5 Å². The fourth-order valence-electron chi connectivity index (χ4n) is 3.29. The summed E-state index contributed by atoms with van der Waals surface area (Å²) in [6, 6.07) is 9.64. The monoisotopic (exact) mass is 549 g/mol. The fourth-order valence-corrected chi connectivity index (χ4v) is 3.56. The molecule has 4 rings (SSSR count). The number of nitrogens with zero attached hydrogens (tertiary/aromatic N) is 2. The van der Waals surface area contributed by atoms with Gasteiger partial charge in [-0.25, -0.2) is 14.6 Å². The Hall–Kier alpha value is -4.13. The van der Waals surface area contributed by atoms with E-state index in [1.54, 1.807) is 24.3 Å². The molecule has 0 atom stereocenters. The summed E-state index contributed by atoms with van der Waals surface area (Å²) in [5, 5.41) is 14.3. The minimum atomic E-state index is -4.78. The topological polar surface area (TPSA) is 129 Å². The Kier molecular flexibility index (Phi) is 6.35. The number of carbonyl (C=O) groups excluding carboxylic acids is 1. The molecule has 180 valence electrons. The lowest BCUT2D eigenvalue weighted by Crippen LogP contribution is -2.28. The Bertz CT molecular complexity index is 1500. The van der Waals surface area contributed by atoms with Crippen molar-refractivity contribution in [3.63, 3.8) is 0 Å². The first-order valence-corrected chi connectivity index (χ1v) is 10.7. The van der Waals surface area contributed by atoms with Crippen molar-refractivity contribution >= 4 is 44.7 Å². The minimum Gasteiger partial charge on any atom is -0.476 e. The van der Waals surface area contributed by atoms with Crippen molar-refractivity contribution in [2.24, 2.45) is 0 Å². The van der Waals surface area contributed by atoms with Gasteiger partial charge in [0.2, 0.25) is 5.69 Å². The molecule has 2 aromatic carbocycles. The van der Waals surface area contributed by atoms with E-state index < -0.39 is 35.0 Å². The molecule has 0 radical (unpaired) electrons. The van der Waals surface area contributed by atoms with Crippen LogP contribution in [0.15, 0.2) is 64.1 Å². The Balaban J connectivity index is 1.61. The van der Waals surface area contributed by atoms with Crippen LogP contribution in [0.4, 0.5) is 23.7 Å².